The van der Waals surface area contributed by atoms with Crippen molar-refractivity contribution in [1.82, 2.24) is 14.6 Å². The van der Waals surface area contributed by atoms with Crippen molar-refractivity contribution >= 4 is 11.3 Å². The number of nitrogens with zero attached hydrogens (tertiary/aromatic N) is 4. The summed E-state index contributed by atoms with van der Waals surface area (Å²) in [7, 11) is 0. The van der Waals surface area contributed by atoms with E-state index in [0.717, 1.165) is 23.6 Å². The van der Waals surface area contributed by atoms with Gasteiger partial charge in [0.1, 0.15) is 5.52 Å². The second-order valence-electron chi connectivity index (χ2n) is 5.29. The number of aromatic nitrogens is 3. The van der Waals surface area contributed by atoms with Crippen LogP contribution in [-0.4, -0.2) is 33.7 Å². The van der Waals surface area contributed by atoms with Gasteiger partial charge in [-0.3, -0.25) is 0 Å². The Labute approximate surface area is 113 Å². The Hall–Kier alpha value is -1.62. The largest absolute Gasteiger partial charge is 0.351 e. The third kappa shape index (κ3) is 2.30. The molecule has 102 valence electrons. The van der Waals surface area contributed by atoms with Crippen molar-refractivity contribution in [1.29, 1.82) is 0 Å². The van der Waals surface area contributed by atoms with Gasteiger partial charge < -0.3 is 10.6 Å². The minimum Gasteiger partial charge on any atom is -0.351 e. The fraction of sp³-hybridized carbons (Fsp3) is 0.571. The quantitative estimate of drug-likeness (QED) is 0.908. The van der Waals surface area contributed by atoms with Gasteiger partial charge in [-0.1, -0.05) is 12.8 Å². The fourth-order valence-electron chi connectivity index (χ4n) is 3.07. The van der Waals surface area contributed by atoms with E-state index in [4.69, 9.17) is 5.73 Å². The zero-order valence-electron chi connectivity index (χ0n) is 11.4. The normalized spacial score (nSPS) is 16.3. The van der Waals surface area contributed by atoms with Crippen molar-refractivity contribution in [3.8, 4) is 0 Å². The Bertz CT molecular complexity index is 556. The summed E-state index contributed by atoms with van der Waals surface area (Å²) in [4.78, 5) is 6.97. The van der Waals surface area contributed by atoms with Gasteiger partial charge in [-0.05, 0) is 25.8 Å². The maximum absolute atomic E-state index is 5.79. The number of hydrogen-bond acceptors (Lipinski definition) is 4. The first kappa shape index (κ1) is 12.4. The lowest BCUT2D eigenvalue weighted by Crippen LogP contribution is -2.38. The van der Waals surface area contributed by atoms with Crippen LogP contribution in [0.2, 0.25) is 0 Å². The van der Waals surface area contributed by atoms with E-state index in [1.165, 1.54) is 25.7 Å². The highest BCUT2D eigenvalue weighted by Gasteiger charge is 2.24. The van der Waals surface area contributed by atoms with Gasteiger partial charge in [-0.15, -0.1) is 0 Å². The second kappa shape index (κ2) is 5.17. The molecule has 0 unspecified atom stereocenters. The number of aryl methyl sites for hydroxylation is 1. The molecule has 0 amide bonds. The van der Waals surface area contributed by atoms with Crippen LogP contribution in [0.25, 0.3) is 5.52 Å². The molecule has 1 fully saturated rings. The molecule has 0 saturated heterocycles. The number of anilines is 1. The molecule has 0 spiro atoms. The molecule has 1 saturated carbocycles. The average Bonchev–Trinajstić information content (AvgIpc) is 3.03. The predicted molar refractivity (Wildman–Crippen MR) is 76.4 cm³/mol. The van der Waals surface area contributed by atoms with Gasteiger partial charge in [0, 0.05) is 31.5 Å². The molecular formula is C14H21N5. The Morgan fingerprint density at radius 2 is 2.21 bits per heavy atom. The third-order valence-electron chi connectivity index (χ3n) is 3.90. The monoisotopic (exact) mass is 259 g/mol. The van der Waals surface area contributed by atoms with E-state index in [9.17, 15) is 0 Å². The van der Waals surface area contributed by atoms with Gasteiger partial charge in [-0.25, -0.2) is 9.50 Å². The van der Waals surface area contributed by atoms with Crippen molar-refractivity contribution in [3.05, 3.63) is 24.2 Å². The van der Waals surface area contributed by atoms with Crippen LogP contribution in [-0.2, 0) is 0 Å². The van der Waals surface area contributed by atoms with Gasteiger partial charge in [0.2, 0.25) is 0 Å². The Kier molecular flexibility index (Phi) is 3.38. The SMILES string of the molecule is Cc1cc2c(N(CCN)C3CCCC3)nccn2n1. The highest BCUT2D eigenvalue weighted by molar-refractivity contribution is 5.69. The summed E-state index contributed by atoms with van der Waals surface area (Å²) >= 11 is 0. The molecular weight excluding hydrogens is 238 g/mol. The zero-order valence-corrected chi connectivity index (χ0v) is 11.4. The van der Waals surface area contributed by atoms with Crippen LogP contribution < -0.4 is 10.6 Å². The van der Waals surface area contributed by atoms with Gasteiger partial charge in [0.25, 0.3) is 0 Å². The van der Waals surface area contributed by atoms with E-state index >= 15 is 0 Å². The third-order valence-corrected chi connectivity index (χ3v) is 3.90. The first-order valence-corrected chi connectivity index (χ1v) is 7.07. The lowest BCUT2D eigenvalue weighted by Gasteiger charge is -2.30. The molecule has 0 atom stereocenters. The van der Waals surface area contributed by atoms with E-state index in [2.05, 4.69) is 21.0 Å². The Morgan fingerprint density at radius 3 is 2.95 bits per heavy atom. The molecule has 0 radical (unpaired) electrons. The molecule has 0 aromatic carbocycles. The summed E-state index contributed by atoms with van der Waals surface area (Å²) in [5, 5.41) is 4.46. The van der Waals surface area contributed by atoms with Crippen molar-refractivity contribution in [2.45, 2.75) is 38.6 Å². The standard InChI is InChI=1S/C14H21N5/c1-11-10-13-14(16-7-9-19(13)17-11)18(8-6-15)12-4-2-3-5-12/h7,9-10,12H,2-6,8,15H2,1H3. The summed E-state index contributed by atoms with van der Waals surface area (Å²) in [6.45, 7) is 3.54. The molecule has 1 aliphatic rings. The summed E-state index contributed by atoms with van der Waals surface area (Å²) in [6, 6.07) is 2.68. The maximum Gasteiger partial charge on any atom is 0.154 e. The van der Waals surface area contributed by atoms with E-state index in [1.807, 2.05) is 23.8 Å². The topological polar surface area (TPSA) is 59.5 Å². The van der Waals surface area contributed by atoms with Crippen LogP contribution in [0, 0.1) is 6.92 Å². The molecule has 19 heavy (non-hydrogen) atoms. The minimum atomic E-state index is 0.581. The van der Waals surface area contributed by atoms with Gasteiger partial charge in [-0.2, -0.15) is 5.10 Å². The molecule has 0 bridgehead atoms. The van der Waals surface area contributed by atoms with Crippen LogP contribution in [0.4, 0.5) is 5.82 Å². The molecule has 2 heterocycles. The smallest absolute Gasteiger partial charge is 0.154 e. The van der Waals surface area contributed by atoms with E-state index in [-0.39, 0.29) is 0 Å². The molecule has 2 N–H and O–H groups in total. The average molecular weight is 259 g/mol. The summed E-state index contributed by atoms with van der Waals surface area (Å²) in [5.74, 6) is 1.03. The van der Waals surface area contributed by atoms with E-state index in [0.29, 0.717) is 12.6 Å². The summed E-state index contributed by atoms with van der Waals surface area (Å²) in [5.41, 5.74) is 7.90. The lowest BCUT2D eigenvalue weighted by atomic mass is 10.2. The molecule has 5 heteroatoms. The first-order chi connectivity index (χ1) is 9.29. The number of nitrogens with two attached hydrogens (primary N) is 1. The molecule has 2 aromatic heterocycles. The van der Waals surface area contributed by atoms with Crippen LogP contribution in [0.3, 0.4) is 0 Å². The van der Waals surface area contributed by atoms with Crippen LogP contribution in [0.5, 0.6) is 0 Å². The molecule has 1 aliphatic carbocycles. The van der Waals surface area contributed by atoms with Crippen molar-refractivity contribution in [3.63, 3.8) is 0 Å². The van der Waals surface area contributed by atoms with Crippen LogP contribution >= 0.6 is 0 Å². The highest BCUT2D eigenvalue weighted by atomic mass is 15.3. The van der Waals surface area contributed by atoms with Crippen LogP contribution in [0.15, 0.2) is 18.5 Å². The van der Waals surface area contributed by atoms with Crippen molar-refractivity contribution in [2.75, 3.05) is 18.0 Å². The lowest BCUT2D eigenvalue weighted by molar-refractivity contribution is 0.602. The maximum atomic E-state index is 5.79. The highest BCUT2D eigenvalue weighted by Crippen LogP contribution is 2.29. The van der Waals surface area contributed by atoms with Crippen molar-refractivity contribution in [2.24, 2.45) is 5.73 Å². The van der Waals surface area contributed by atoms with Gasteiger partial charge in [0.05, 0.1) is 5.69 Å². The number of fused-ring (bicyclic) bond motifs is 1. The van der Waals surface area contributed by atoms with E-state index in [1.54, 1.807) is 0 Å². The Balaban J connectivity index is 2.03. The number of hydrogen-bond donors (Lipinski definition) is 1. The Morgan fingerprint density at radius 1 is 1.42 bits per heavy atom. The number of rotatable bonds is 4. The molecule has 5 nitrogen and oxygen atoms in total. The summed E-state index contributed by atoms with van der Waals surface area (Å²) in [6.07, 6.45) is 8.85. The van der Waals surface area contributed by atoms with Crippen molar-refractivity contribution < 1.29 is 0 Å². The van der Waals surface area contributed by atoms with Crippen LogP contribution in [0.1, 0.15) is 31.4 Å². The predicted octanol–water partition coefficient (Wildman–Crippen LogP) is 1.75. The molecule has 0 aliphatic heterocycles. The zero-order chi connectivity index (χ0) is 13.2. The minimum absolute atomic E-state index is 0.581. The molecule has 3 rings (SSSR count). The summed E-state index contributed by atoms with van der Waals surface area (Å²) < 4.78 is 1.91. The van der Waals surface area contributed by atoms with E-state index < -0.39 is 0 Å². The molecule has 2 aromatic rings. The van der Waals surface area contributed by atoms with Gasteiger partial charge in [0.15, 0.2) is 5.82 Å². The second-order valence-corrected chi connectivity index (χ2v) is 5.29. The van der Waals surface area contributed by atoms with Gasteiger partial charge >= 0.3 is 0 Å². The first-order valence-electron chi connectivity index (χ1n) is 7.07. The fourth-order valence-corrected chi connectivity index (χ4v) is 3.07.